The average Bonchev–Trinajstić information content (AvgIpc) is 2.69. The lowest BCUT2D eigenvalue weighted by Gasteiger charge is -2.31. The molecule has 0 spiro atoms. The summed E-state index contributed by atoms with van der Waals surface area (Å²) in [6, 6.07) is 5.94. The van der Waals surface area contributed by atoms with Gasteiger partial charge in [0.25, 0.3) is 0 Å². The number of halogens is 1. The summed E-state index contributed by atoms with van der Waals surface area (Å²) >= 11 is 0. The van der Waals surface area contributed by atoms with Gasteiger partial charge in [-0.05, 0) is 31.2 Å². The SMILES string of the molecule is CCCC[C@H](CC)CNC(=O)C1CCN(S(=O)(=O)Cc2ccccc2F)CC1. The number of hydrogen-bond donors (Lipinski definition) is 1. The summed E-state index contributed by atoms with van der Waals surface area (Å²) in [7, 11) is -3.59. The molecule has 0 aliphatic carbocycles. The lowest BCUT2D eigenvalue weighted by molar-refractivity contribution is -0.126. The molecule has 1 aromatic carbocycles. The van der Waals surface area contributed by atoms with Crippen LogP contribution in [-0.4, -0.2) is 38.3 Å². The molecule has 2 rings (SSSR count). The van der Waals surface area contributed by atoms with Gasteiger partial charge in [-0.3, -0.25) is 4.79 Å². The number of carbonyl (C=O) groups is 1. The predicted molar refractivity (Wildman–Crippen MR) is 110 cm³/mol. The first-order chi connectivity index (χ1) is 13.4. The van der Waals surface area contributed by atoms with E-state index in [1.165, 1.54) is 22.9 Å². The molecule has 1 aromatic rings. The highest BCUT2D eigenvalue weighted by molar-refractivity contribution is 7.88. The first-order valence-corrected chi connectivity index (χ1v) is 12.0. The van der Waals surface area contributed by atoms with E-state index < -0.39 is 15.8 Å². The molecule has 1 aliphatic heterocycles. The Kier molecular flexibility index (Phi) is 8.89. The van der Waals surface area contributed by atoms with Crippen molar-refractivity contribution in [2.24, 2.45) is 11.8 Å². The Balaban J connectivity index is 1.82. The van der Waals surface area contributed by atoms with Crippen LogP contribution in [-0.2, 0) is 20.6 Å². The number of hydrogen-bond acceptors (Lipinski definition) is 3. The fourth-order valence-corrected chi connectivity index (χ4v) is 5.21. The molecular formula is C21H33FN2O3S. The van der Waals surface area contributed by atoms with Gasteiger partial charge >= 0.3 is 0 Å². The summed E-state index contributed by atoms with van der Waals surface area (Å²) in [6.45, 7) is 5.62. The molecular weight excluding hydrogens is 379 g/mol. The number of carbonyl (C=O) groups excluding carboxylic acids is 1. The molecule has 5 nitrogen and oxygen atoms in total. The molecule has 1 fully saturated rings. The zero-order valence-corrected chi connectivity index (χ0v) is 17.8. The molecule has 1 saturated heterocycles. The minimum Gasteiger partial charge on any atom is -0.356 e. The largest absolute Gasteiger partial charge is 0.356 e. The smallest absolute Gasteiger partial charge is 0.223 e. The van der Waals surface area contributed by atoms with Gasteiger partial charge in [0, 0.05) is 31.1 Å². The minimum absolute atomic E-state index is 0.0288. The van der Waals surface area contributed by atoms with Crippen LogP contribution in [0.15, 0.2) is 24.3 Å². The Morgan fingerprint density at radius 1 is 1.25 bits per heavy atom. The van der Waals surface area contributed by atoms with Crippen molar-refractivity contribution in [2.75, 3.05) is 19.6 Å². The molecule has 0 aromatic heterocycles. The summed E-state index contributed by atoms with van der Waals surface area (Å²) in [6.07, 6.45) is 5.52. The van der Waals surface area contributed by atoms with E-state index in [1.807, 2.05) is 0 Å². The zero-order valence-electron chi connectivity index (χ0n) is 17.0. The van der Waals surface area contributed by atoms with Gasteiger partial charge in [0.2, 0.25) is 15.9 Å². The molecule has 1 atom stereocenters. The Bertz CT molecular complexity index is 731. The van der Waals surface area contributed by atoms with Crippen LogP contribution >= 0.6 is 0 Å². The summed E-state index contributed by atoms with van der Waals surface area (Å²) in [5.74, 6) is -0.463. The maximum Gasteiger partial charge on any atom is 0.223 e. The number of piperidine rings is 1. The van der Waals surface area contributed by atoms with E-state index in [-0.39, 0.29) is 23.1 Å². The molecule has 158 valence electrons. The van der Waals surface area contributed by atoms with Crippen molar-refractivity contribution < 1.29 is 17.6 Å². The van der Waals surface area contributed by atoms with Crippen LogP contribution in [0, 0.1) is 17.7 Å². The Morgan fingerprint density at radius 3 is 2.54 bits per heavy atom. The Labute approximate surface area is 168 Å². The lowest BCUT2D eigenvalue weighted by atomic mass is 9.95. The van der Waals surface area contributed by atoms with Gasteiger partial charge in [0.15, 0.2) is 0 Å². The molecule has 0 saturated carbocycles. The fraction of sp³-hybridized carbons (Fsp3) is 0.667. The van der Waals surface area contributed by atoms with Crippen molar-refractivity contribution in [3.8, 4) is 0 Å². The number of benzene rings is 1. The first-order valence-electron chi connectivity index (χ1n) is 10.4. The monoisotopic (exact) mass is 412 g/mol. The fourth-order valence-electron chi connectivity index (χ4n) is 3.63. The lowest BCUT2D eigenvalue weighted by Crippen LogP contribution is -2.44. The van der Waals surface area contributed by atoms with Crippen molar-refractivity contribution in [2.45, 2.75) is 58.1 Å². The van der Waals surface area contributed by atoms with E-state index in [4.69, 9.17) is 0 Å². The van der Waals surface area contributed by atoms with Gasteiger partial charge in [-0.1, -0.05) is 51.3 Å². The standard InChI is InChI=1S/C21H33FN2O3S/c1-3-5-8-17(4-2)15-23-21(25)18-11-13-24(14-12-18)28(26,27)16-19-9-6-7-10-20(19)22/h6-7,9-10,17-18H,3-5,8,11-16H2,1-2H3,(H,23,25)/t17-/m0/s1. The number of amides is 1. The number of rotatable bonds is 10. The van der Waals surface area contributed by atoms with Gasteiger partial charge < -0.3 is 5.32 Å². The maximum atomic E-state index is 13.8. The van der Waals surface area contributed by atoms with Crippen molar-refractivity contribution in [1.29, 1.82) is 0 Å². The number of sulfonamides is 1. The topological polar surface area (TPSA) is 66.5 Å². The van der Waals surface area contributed by atoms with Crippen LogP contribution < -0.4 is 5.32 Å². The van der Waals surface area contributed by atoms with Crippen LogP contribution in [0.2, 0.25) is 0 Å². The van der Waals surface area contributed by atoms with Crippen LogP contribution in [0.5, 0.6) is 0 Å². The van der Waals surface area contributed by atoms with Gasteiger partial charge in [-0.15, -0.1) is 0 Å². The van der Waals surface area contributed by atoms with Crippen molar-refractivity contribution in [1.82, 2.24) is 9.62 Å². The Hall–Kier alpha value is -1.47. The third-order valence-corrected chi connectivity index (χ3v) is 7.45. The van der Waals surface area contributed by atoms with Crippen molar-refractivity contribution >= 4 is 15.9 Å². The summed E-state index contributed by atoms with van der Waals surface area (Å²) in [5.41, 5.74) is 0.181. The van der Waals surface area contributed by atoms with Crippen LogP contribution in [0.1, 0.15) is 57.9 Å². The van der Waals surface area contributed by atoms with Gasteiger partial charge in [-0.2, -0.15) is 0 Å². The molecule has 0 unspecified atom stereocenters. The average molecular weight is 413 g/mol. The number of unbranched alkanes of at least 4 members (excludes halogenated alkanes) is 1. The molecule has 1 heterocycles. The third kappa shape index (κ3) is 6.55. The second-order valence-electron chi connectivity index (χ2n) is 7.68. The second kappa shape index (κ2) is 10.9. The van der Waals surface area contributed by atoms with E-state index in [0.717, 1.165) is 19.3 Å². The number of nitrogens with zero attached hydrogens (tertiary/aromatic N) is 1. The highest BCUT2D eigenvalue weighted by Crippen LogP contribution is 2.23. The third-order valence-electron chi connectivity index (χ3n) is 5.62. The summed E-state index contributed by atoms with van der Waals surface area (Å²) in [4.78, 5) is 12.5. The van der Waals surface area contributed by atoms with E-state index in [0.29, 0.717) is 38.4 Å². The quantitative estimate of drug-likeness (QED) is 0.637. The van der Waals surface area contributed by atoms with Crippen LogP contribution in [0.4, 0.5) is 4.39 Å². The van der Waals surface area contributed by atoms with E-state index in [1.54, 1.807) is 12.1 Å². The normalized spacial score (nSPS) is 17.4. The van der Waals surface area contributed by atoms with E-state index in [9.17, 15) is 17.6 Å². The van der Waals surface area contributed by atoms with Crippen molar-refractivity contribution in [3.63, 3.8) is 0 Å². The second-order valence-corrected chi connectivity index (χ2v) is 9.65. The predicted octanol–water partition coefficient (Wildman–Crippen LogP) is 3.70. The van der Waals surface area contributed by atoms with E-state index in [2.05, 4.69) is 19.2 Å². The highest BCUT2D eigenvalue weighted by Gasteiger charge is 2.31. The highest BCUT2D eigenvalue weighted by atomic mass is 32.2. The number of nitrogens with one attached hydrogen (secondary N) is 1. The van der Waals surface area contributed by atoms with Crippen LogP contribution in [0.25, 0.3) is 0 Å². The van der Waals surface area contributed by atoms with Crippen LogP contribution in [0.3, 0.4) is 0 Å². The van der Waals surface area contributed by atoms with Crippen molar-refractivity contribution in [3.05, 3.63) is 35.6 Å². The molecule has 1 N–H and O–H groups in total. The van der Waals surface area contributed by atoms with Gasteiger partial charge in [0.1, 0.15) is 5.82 Å². The Morgan fingerprint density at radius 2 is 1.93 bits per heavy atom. The molecule has 28 heavy (non-hydrogen) atoms. The van der Waals surface area contributed by atoms with Gasteiger partial charge in [-0.25, -0.2) is 17.1 Å². The van der Waals surface area contributed by atoms with Gasteiger partial charge in [0.05, 0.1) is 5.75 Å². The van der Waals surface area contributed by atoms with E-state index >= 15 is 0 Å². The summed E-state index contributed by atoms with van der Waals surface area (Å²) < 4.78 is 40.4. The molecule has 1 amide bonds. The summed E-state index contributed by atoms with van der Waals surface area (Å²) in [5, 5.41) is 3.06. The molecule has 1 aliphatic rings. The molecule has 0 radical (unpaired) electrons. The maximum absolute atomic E-state index is 13.8. The first kappa shape index (κ1) is 22.8. The molecule has 7 heteroatoms. The minimum atomic E-state index is -3.59. The molecule has 0 bridgehead atoms. The zero-order chi connectivity index (χ0) is 20.6.